The van der Waals surface area contributed by atoms with E-state index in [0.717, 1.165) is 12.0 Å². The summed E-state index contributed by atoms with van der Waals surface area (Å²) in [7, 11) is 0. The molecule has 156 valence electrons. The molecule has 4 nitrogen and oxygen atoms in total. The maximum Gasteiger partial charge on any atom is 0.242 e. The first-order valence-corrected chi connectivity index (χ1v) is 10.6. The first-order valence-electron chi connectivity index (χ1n) is 9.50. The van der Waals surface area contributed by atoms with Crippen molar-refractivity contribution in [3.63, 3.8) is 0 Å². The van der Waals surface area contributed by atoms with Crippen LogP contribution in [-0.4, -0.2) is 28.8 Å². The van der Waals surface area contributed by atoms with Gasteiger partial charge in [-0.05, 0) is 55.7 Å². The third kappa shape index (κ3) is 6.63. The Morgan fingerprint density at radius 2 is 1.66 bits per heavy atom. The first-order chi connectivity index (χ1) is 13.7. The Hall–Kier alpha value is -1.75. The minimum Gasteiger partial charge on any atom is -0.352 e. The summed E-state index contributed by atoms with van der Waals surface area (Å²) in [4.78, 5) is 27.5. The number of hydrogen-bond acceptors (Lipinski definition) is 2. The van der Waals surface area contributed by atoms with E-state index in [-0.39, 0.29) is 30.8 Å². The zero-order valence-electron chi connectivity index (χ0n) is 16.7. The summed E-state index contributed by atoms with van der Waals surface area (Å²) < 4.78 is 0. The molecule has 2 aromatic carbocycles. The molecule has 0 unspecified atom stereocenters. The number of benzene rings is 2. The number of amides is 2. The third-order valence-electron chi connectivity index (χ3n) is 4.80. The SMILES string of the molecule is CC[C@@H](C)NC(=O)[C@H](C)N(Cc1cccc(Cl)c1)C(=O)Cc1c(Cl)cccc1Cl. The molecule has 0 fully saturated rings. The van der Waals surface area contributed by atoms with Gasteiger partial charge < -0.3 is 10.2 Å². The molecule has 1 N–H and O–H groups in total. The summed E-state index contributed by atoms with van der Waals surface area (Å²) >= 11 is 18.6. The molecule has 0 saturated carbocycles. The molecule has 0 aromatic heterocycles. The van der Waals surface area contributed by atoms with Gasteiger partial charge in [-0.25, -0.2) is 0 Å². The molecule has 2 aromatic rings. The van der Waals surface area contributed by atoms with E-state index in [1.807, 2.05) is 26.0 Å². The zero-order valence-corrected chi connectivity index (χ0v) is 19.0. The maximum absolute atomic E-state index is 13.2. The Labute approximate surface area is 187 Å². The van der Waals surface area contributed by atoms with Crippen molar-refractivity contribution < 1.29 is 9.59 Å². The molecule has 2 atom stereocenters. The molecule has 2 rings (SSSR count). The van der Waals surface area contributed by atoms with Gasteiger partial charge >= 0.3 is 0 Å². The van der Waals surface area contributed by atoms with Crippen LogP contribution in [0.15, 0.2) is 42.5 Å². The molecule has 7 heteroatoms. The van der Waals surface area contributed by atoms with E-state index < -0.39 is 6.04 Å². The monoisotopic (exact) mass is 454 g/mol. The summed E-state index contributed by atoms with van der Waals surface area (Å²) in [6.07, 6.45) is 0.802. The molecule has 0 heterocycles. The van der Waals surface area contributed by atoms with Crippen LogP contribution in [0.25, 0.3) is 0 Å². The maximum atomic E-state index is 13.2. The lowest BCUT2D eigenvalue weighted by Gasteiger charge is -2.30. The smallest absolute Gasteiger partial charge is 0.242 e. The Morgan fingerprint density at radius 3 is 2.24 bits per heavy atom. The standard InChI is InChI=1S/C22H25Cl3N2O2/c1-4-14(2)26-22(29)15(3)27(13-16-7-5-8-17(23)11-16)21(28)12-18-19(24)9-6-10-20(18)25/h5-11,14-15H,4,12-13H2,1-3H3,(H,26,29)/t14-,15+/m1/s1. The zero-order chi connectivity index (χ0) is 21.6. The molecule has 0 radical (unpaired) electrons. The van der Waals surface area contributed by atoms with Gasteiger partial charge in [0.2, 0.25) is 11.8 Å². The minimum atomic E-state index is -0.670. The Balaban J connectivity index is 2.29. The van der Waals surface area contributed by atoms with Crippen LogP contribution >= 0.6 is 34.8 Å². The van der Waals surface area contributed by atoms with Crippen molar-refractivity contribution in [2.24, 2.45) is 0 Å². The van der Waals surface area contributed by atoms with Crippen molar-refractivity contribution in [3.8, 4) is 0 Å². The molecule has 0 aliphatic carbocycles. The lowest BCUT2D eigenvalue weighted by atomic mass is 10.1. The van der Waals surface area contributed by atoms with Gasteiger partial charge in [0.05, 0.1) is 6.42 Å². The fourth-order valence-corrected chi connectivity index (χ4v) is 3.58. The van der Waals surface area contributed by atoms with Crippen LogP contribution in [0.5, 0.6) is 0 Å². The van der Waals surface area contributed by atoms with Crippen LogP contribution in [-0.2, 0) is 22.6 Å². The van der Waals surface area contributed by atoms with E-state index in [0.29, 0.717) is 20.6 Å². The number of carbonyl (C=O) groups is 2. The number of nitrogens with one attached hydrogen (secondary N) is 1. The number of rotatable bonds is 8. The van der Waals surface area contributed by atoms with E-state index in [9.17, 15) is 9.59 Å². The van der Waals surface area contributed by atoms with Gasteiger partial charge in [-0.3, -0.25) is 9.59 Å². The number of carbonyl (C=O) groups excluding carboxylic acids is 2. The molecule has 29 heavy (non-hydrogen) atoms. The minimum absolute atomic E-state index is 0.0000235. The van der Waals surface area contributed by atoms with Crippen molar-refractivity contribution >= 4 is 46.6 Å². The van der Waals surface area contributed by atoms with E-state index in [1.165, 1.54) is 4.90 Å². The predicted octanol–water partition coefficient (Wildman–Crippen LogP) is 5.52. The van der Waals surface area contributed by atoms with Crippen molar-refractivity contribution in [3.05, 3.63) is 68.7 Å². The normalized spacial score (nSPS) is 12.9. The molecule has 0 spiro atoms. The number of nitrogens with zero attached hydrogens (tertiary/aromatic N) is 1. The first kappa shape index (κ1) is 23.5. The fraction of sp³-hybridized carbons (Fsp3) is 0.364. The second kappa shape index (κ2) is 10.9. The van der Waals surface area contributed by atoms with Crippen LogP contribution < -0.4 is 5.32 Å². The Bertz CT molecular complexity index is 853. The van der Waals surface area contributed by atoms with Crippen LogP contribution in [0.1, 0.15) is 38.3 Å². The molecule has 0 aliphatic heterocycles. The van der Waals surface area contributed by atoms with E-state index in [1.54, 1.807) is 37.3 Å². The van der Waals surface area contributed by atoms with Gasteiger partial charge in [0, 0.05) is 27.7 Å². The molecular weight excluding hydrogens is 431 g/mol. The summed E-state index contributed by atoms with van der Waals surface area (Å²) in [5.41, 5.74) is 1.38. The van der Waals surface area contributed by atoms with Gasteiger partial charge in [-0.2, -0.15) is 0 Å². The number of hydrogen-bond donors (Lipinski definition) is 1. The summed E-state index contributed by atoms with van der Waals surface area (Å²) in [6.45, 7) is 5.88. The second-order valence-corrected chi connectivity index (χ2v) is 8.27. The predicted molar refractivity (Wildman–Crippen MR) is 120 cm³/mol. The average Bonchev–Trinajstić information content (AvgIpc) is 2.68. The highest BCUT2D eigenvalue weighted by atomic mass is 35.5. The van der Waals surface area contributed by atoms with E-state index in [4.69, 9.17) is 34.8 Å². The van der Waals surface area contributed by atoms with Crippen LogP contribution in [0.4, 0.5) is 0 Å². The molecule has 0 aliphatic rings. The quantitative estimate of drug-likeness (QED) is 0.569. The van der Waals surface area contributed by atoms with Crippen molar-refractivity contribution in [1.29, 1.82) is 0 Å². The summed E-state index contributed by atoms with van der Waals surface area (Å²) in [6, 6.07) is 11.7. The Morgan fingerprint density at radius 1 is 1.03 bits per heavy atom. The average molecular weight is 456 g/mol. The van der Waals surface area contributed by atoms with Crippen molar-refractivity contribution in [2.45, 2.75) is 52.2 Å². The van der Waals surface area contributed by atoms with Crippen molar-refractivity contribution in [1.82, 2.24) is 10.2 Å². The highest BCUT2D eigenvalue weighted by molar-refractivity contribution is 6.36. The van der Waals surface area contributed by atoms with E-state index in [2.05, 4.69) is 5.32 Å². The lowest BCUT2D eigenvalue weighted by Crippen LogP contribution is -2.49. The number of halogens is 3. The van der Waals surface area contributed by atoms with Gasteiger partial charge in [0.1, 0.15) is 6.04 Å². The van der Waals surface area contributed by atoms with Crippen LogP contribution in [0.2, 0.25) is 15.1 Å². The summed E-state index contributed by atoms with van der Waals surface area (Å²) in [5, 5.41) is 4.35. The Kier molecular flexibility index (Phi) is 8.81. The van der Waals surface area contributed by atoms with E-state index >= 15 is 0 Å². The van der Waals surface area contributed by atoms with Gasteiger partial charge in [0.25, 0.3) is 0 Å². The highest BCUT2D eigenvalue weighted by Crippen LogP contribution is 2.26. The van der Waals surface area contributed by atoms with Gasteiger partial charge in [0.15, 0.2) is 0 Å². The van der Waals surface area contributed by atoms with Gasteiger partial charge in [-0.1, -0.05) is 59.9 Å². The van der Waals surface area contributed by atoms with Crippen LogP contribution in [0, 0.1) is 0 Å². The largest absolute Gasteiger partial charge is 0.352 e. The third-order valence-corrected chi connectivity index (χ3v) is 5.74. The molecule has 2 amide bonds. The molecular formula is C22H25Cl3N2O2. The summed E-state index contributed by atoms with van der Waals surface area (Å²) in [5.74, 6) is -0.452. The lowest BCUT2D eigenvalue weighted by molar-refractivity contribution is -0.140. The van der Waals surface area contributed by atoms with Crippen LogP contribution in [0.3, 0.4) is 0 Å². The molecule has 0 saturated heterocycles. The van der Waals surface area contributed by atoms with Crippen molar-refractivity contribution in [2.75, 3.05) is 0 Å². The molecule has 0 bridgehead atoms. The highest BCUT2D eigenvalue weighted by Gasteiger charge is 2.27. The second-order valence-electron chi connectivity index (χ2n) is 7.02. The fourth-order valence-electron chi connectivity index (χ4n) is 2.83. The topological polar surface area (TPSA) is 49.4 Å². The van der Waals surface area contributed by atoms with Gasteiger partial charge in [-0.15, -0.1) is 0 Å².